The van der Waals surface area contributed by atoms with E-state index in [9.17, 15) is 0 Å². The number of nitrogens with one attached hydrogen (secondary N) is 1. The second-order valence-corrected chi connectivity index (χ2v) is 3.49. The summed E-state index contributed by atoms with van der Waals surface area (Å²) in [6, 6.07) is 3.83. The summed E-state index contributed by atoms with van der Waals surface area (Å²) in [5, 5.41) is 7.08. The number of ether oxygens (including phenoxy) is 1. The third-order valence-electron chi connectivity index (χ3n) is 2.08. The summed E-state index contributed by atoms with van der Waals surface area (Å²) in [5.74, 6) is 1.27. The van der Waals surface area contributed by atoms with Gasteiger partial charge in [0.2, 0.25) is 5.88 Å². The lowest BCUT2D eigenvalue weighted by Crippen LogP contribution is -2.05. The fourth-order valence-corrected chi connectivity index (χ4v) is 1.35. The second-order valence-electron chi connectivity index (χ2n) is 3.49. The summed E-state index contributed by atoms with van der Waals surface area (Å²) >= 11 is 0. The summed E-state index contributed by atoms with van der Waals surface area (Å²) in [5.41, 5.74) is 1.13. The van der Waals surface area contributed by atoms with Crippen LogP contribution < -0.4 is 10.1 Å². The maximum atomic E-state index is 5.52. The van der Waals surface area contributed by atoms with Gasteiger partial charge in [-0.1, -0.05) is 6.07 Å². The Morgan fingerprint density at radius 2 is 2.25 bits per heavy atom. The van der Waals surface area contributed by atoms with Gasteiger partial charge < -0.3 is 10.1 Å². The van der Waals surface area contributed by atoms with Crippen molar-refractivity contribution < 1.29 is 4.74 Å². The van der Waals surface area contributed by atoms with E-state index >= 15 is 0 Å². The van der Waals surface area contributed by atoms with Crippen LogP contribution in [0.4, 0.5) is 0 Å². The van der Waals surface area contributed by atoms with Crippen molar-refractivity contribution in [1.82, 2.24) is 20.1 Å². The molecule has 5 nitrogen and oxygen atoms in total. The molecule has 0 aromatic carbocycles. The van der Waals surface area contributed by atoms with Gasteiger partial charge in [-0.15, -0.1) is 0 Å². The average molecular weight is 218 g/mol. The molecule has 2 rings (SSSR count). The fraction of sp³-hybridized carbons (Fsp3) is 0.273. The Labute approximate surface area is 94.1 Å². The Balaban J connectivity index is 2.05. The first kappa shape index (κ1) is 10.6. The Bertz CT molecular complexity index is 449. The van der Waals surface area contributed by atoms with Crippen LogP contribution in [0.1, 0.15) is 5.56 Å². The lowest BCUT2D eigenvalue weighted by molar-refractivity contribution is 0.462. The number of pyridine rings is 1. The zero-order valence-corrected chi connectivity index (χ0v) is 9.34. The van der Waals surface area contributed by atoms with E-state index in [1.54, 1.807) is 23.3 Å². The van der Waals surface area contributed by atoms with Crippen LogP contribution >= 0.6 is 0 Å². The van der Waals surface area contributed by atoms with Gasteiger partial charge in [-0.3, -0.25) is 4.68 Å². The maximum Gasteiger partial charge on any atom is 0.219 e. The molecule has 0 aliphatic rings. The molecule has 84 valence electrons. The highest BCUT2D eigenvalue weighted by molar-refractivity contribution is 5.23. The molecular weight excluding hydrogens is 204 g/mol. The Morgan fingerprint density at radius 1 is 1.38 bits per heavy atom. The van der Waals surface area contributed by atoms with Gasteiger partial charge in [0, 0.05) is 25.9 Å². The van der Waals surface area contributed by atoms with Crippen molar-refractivity contribution in [2.45, 2.75) is 6.54 Å². The molecule has 0 atom stereocenters. The van der Waals surface area contributed by atoms with Gasteiger partial charge in [0.1, 0.15) is 0 Å². The highest BCUT2D eigenvalue weighted by atomic mass is 16.5. The van der Waals surface area contributed by atoms with Gasteiger partial charge in [-0.25, -0.2) is 4.98 Å². The van der Waals surface area contributed by atoms with Gasteiger partial charge in [0.25, 0.3) is 0 Å². The monoisotopic (exact) mass is 218 g/mol. The van der Waals surface area contributed by atoms with Crippen molar-refractivity contribution in [3.8, 4) is 11.6 Å². The third-order valence-corrected chi connectivity index (χ3v) is 2.08. The molecule has 5 heteroatoms. The van der Waals surface area contributed by atoms with Crippen LogP contribution in [0.5, 0.6) is 11.6 Å². The largest absolute Gasteiger partial charge is 0.436 e. The molecule has 2 aromatic heterocycles. The van der Waals surface area contributed by atoms with Crippen LogP contribution in [-0.4, -0.2) is 21.8 Å². The normalized spacial score (nSPS) is 10.4. The molecule has 2 aromatic rings. The van der Waals surface area contributed by atoms with Crippen LogP contribution in [0, 0.1) is 0 Å². The zero-order chi connectivity index (χ0) is 11.4. The predicted molar refractivity (Wildman–Crippen MR) is 60.3 cm³/mol. The van der Waals surface area contributed by atoms with E-state index in [1.807, 2.05) is 26.2 Å². The molecule has 0 saturated heterocycles. The third kappa shape index (κ3) is 2.58. The van der Waals surface area contributed by atoms with Crippen molar-refractivity contribution in [2.75, 3.05) is 7.05 Å². The van der Waals surface area contributed by atoms with Crippen molar-refractivity contribution in [3.63, 3.8) is 0 Å². The summed E-state index contributed by atoms with van der Waals surface area (Å²) in [6.45, 7) is 0.806. The summed E-state index contributed by atoms with van der Waals surface area (Å²) in [7, 11) is 3.75. The number of aryl methyl sites for hydroxylation is 1. The van der Waals surface area contributed by atoms with Gasteiger partial charge in [-0.05, 0) is 12.6 Å². The summed E-state index contributed by atoms with van der Waals surface area (Å²) < 4.78 is 7.20. The average Bonchev–Trinajstić information content (AvgIpc) is 2.67. The highest BCUT2D eigenvalue weighted by Crippen LogP contribution is 2.17. The highest BCUT2D eigenvalue weighted by Gasteiger charge is 2.00. The smallest absolute Gasteiger partial charge is 0.219 e. The molecule has 0 radical (unpaired) electrons. The molecule has 0 aliphatic heterocycles. The molecule has 0 fully saturated rings. The van der Waals surface area contributed by atoms with E-state index < -0.39 is 0 Å². The van der Waals surface area contributed by atoms with Crippen LogP contribution in [0.3, 0.4) is 0 Å². The molecule has 0 unspecified atom stereocenters. The minimum atomic E-state index is 0.577. The standard InChI is InChI=1S/C11H14N4O/c1-12-5-9-3-4-11(13-6-9)16-10-7-14-15(2)8-10/h3-4,6-8,12H,5H2,1-2H3. The lowest BCUT2D eigenvalue weighted by atomic mass is 10.3. The van der Waals surface area contributed by atoms with Crippen LogP contribution in [0.2, 0.25) is 0 Å². The van der Waals surface area contributed by atoms with Crippen LogP contribution in [0.25, 0.3) is 0 Å². The number of hydrogen-bond donors (Lipinski definition) is 1. The summed E-state index contributed by atoms with van der Waals surface area (Å²) in [6.07, 6.45) is 5.24. The second kappa shape index (κ2) is 4.76. The first-order valence-corrected chi connectivity index (χ1v) is 5.04. The van der Waals surface area contributed by atoms with E-state index in [0.717, 1.165) is 12.1 Å². The van der Waals surface area contributed by atoms with Crippen LogP contribution in [-0.2, 0) is 13.6 Å². The molecule has 2 heterocycles. The summed E-state index contributed by atoms with van der Waals surface area (Å²) in [4.78, 5) is 4.20. The SMILES string of the molecule is CNCc1ccc(Oc2cnn(C)c2)nc1. The van der Waals surface area contributed by atoms with E-state index in [2.05, 4.69) is 15.4 Å². The fourth-order valence-electron chi connectivity index (χ4n) is 1.35. The van der Waals surface area contributed by atoms with Crippen molar-refractivity contribution in [1.29, 1.82) is 0 Å². The quantitative estimate of drug-likeness (QED) is 0.841. The maximum absolute atomic E-state index is 5.52. The first-order valence-electron chi connectivity index (χ1n) is 5.04. The van der Waals surface area contributed by atoms with E-state index in [-0.39, 0.29) is 0 Å². The minimum Gasteiger partial charge on any atom is -0.436 e. The van der Waals surface area contributed by atoms with Gasteiger partial charge >= 0.3 is 0 Å². The van der Waals surface area contributed by atoms with E-state index in [1.165, 1.54) is 0 Å². The number of rotatable bonds is 4. The molecule has 0 saturated carbocycles. The zero-order valence-electron chi connectivity index (χ0n) is 9.34. The van der Waals surface area contributed by atoms with Crippen molar-refractivity contribution in [3.05, 3.63) is 36.3 Å². The molecular formula is C11H14N4O. The topological polar surface area (TPSA) is 52.0 Å². The van der Waals surface area contributed by atoms with Crippen molar-refractivity contribution >= 4 is 0 Å². The first-order chi connectivity index (χ1) is 7.78. The Morgan fingerprint density at radius 3 is 2.81 bits per heavy atom. The molecule has 0 aliphatic carbocycles. The Kier molecular flexibility index (Phi) is 3.16. The molecule has 16 heavy (non-hydrogen) atoms. The van der Waals surface area contributed by atoms with Gasteiger partial charge in [0.15, 0.2) is 5.75 Å². The van der Waals surface area contributed by atoms with E-state index in [0.29, 0.717) is 11.6 Å². The lowest BCUT2D eigenvalue weighted by Gasteiger charge is -2.03. The Hall–Kier alpha value is -1.88. The van der Waals surface area contributed by atoms with Gasteiger partial charge in [0.05, 0.1) is 12.4 Å². The van der Waals surface area contributed by atoms with Crippen LogP contribution in [0.15, 0.2) is 30.7 Å². The van der Waals surface area contributed by atoms with Gasteiger partial charge in [-0.2, -0.15) is 5.10 Å². The molecule has 0 amide bonds. The molecule has 1 N–H and O–H groups in total. The molecule has 0 bridgehead atoms. The van der Waals surface area contributed by atoms with E-state index in [4.69, 9.17) is 4.74 Å². The number of hydrogen-bond acceptors (Lipinski definition) is 4. The van der Waals surface area contributed by atoms with Crippen molar-refractivity contribution in [2.24, 2.45) is 7.05 Å². The number of nitrogens with zero attached hydrogens (tertiary/aromatic N) is 3. The predicted octanol–water partition coefficient (Wildman–Crippen LogP) is 1.33. The number of aromatic nitrogens is 3. The molecule has 0 spiro atoms. The minimum absolute atomic E-state index is 0.577.